The van der Waals surface area contributed by atoms with Crippen LogP contribution in [0.1, 0.15) is 28.8 Å². The Balaban J connectivity index is 1.68. The first-order chi connectivity index (χ1) is 15.0. The molecule has 0 fully saturated rings. The third-order valence-electron chi connectivity index (χ3n) is 4.61. The highest BCUT2D eigenvalue weighted by atomic mass is 32.2. The van der Waals surface area contributed by atoms with Gasteiger partial charge in [-0.1, -0.05) is 0 Å². The van der Waals surface area contributed by atoms with Crippen LogP contribution in [0, 0.1) is 17.1 Å². The second-order valence-corrected chi connectivity index (χ2v) is 7.70. The number of thioether (sulfide) groups is 1. The molecule has 2 aromatic carbocycles. The fourth-order valence-electron chi connectivity index (χ4n) is 2.97. The molecule has 3 rings (SSSR count). The number of nitriles is 1. The summed E-state index contributed by atoms with van der Waals surface area (Å²) in [5.41, 5.74) is 2.54. The maximum Gasteiger partial charge on any atom is 0.162 e. The van der Waals surface area contributed by atoms with Crippen LogP contribution in [-0.2, 0) is 0 Å². The van der Waals surface area contributed by atoms with Crippen molar-refractivity contribution in [2.24, 2.45) is 0 Å². The third kappa shape index (κ3) is 5.62. The molecule has 0 spiro atoms. The number of hydrogen-bond acceptors (Lipinski definition) is 6. The molecule has 0 bridgehead atoms. The zero-order chi connectivity index (χ0) is 22.2. The monoisotopic (exact) mass is 436 g/mol. The molecular formula is C24H21FN2O3S. The molecule has 0 radical (unpaired) electrons. The van der Waals surface area contributed by atoms with E-state index in [4.69, 9.17) is 9.47 Å². The van der Waals surface area contributed by atoms with E-state index in [0.717, 1.165) is 5.56 Å². The van der Waals surface area contributed by atoms with E-state index < -0.39 is 0 Å². The third-order valence-corrected chi connectivity index (χ3v) is 5.69. The molecule has 1 heterocycles. The zero-order valence-electron chi connectivity index (χ0n) is 17.2. The summed E-state index contributed by atoms with van der Waals surface area (Å²) in [6.45, 7) is 0. The molecule has 158 valence electrons. The predicted molar refractivity (Wildman–Crippen MR) is 118 cm³/mol. The average Bonchev–Trinajstić information content (AvgIpc) is 2.81. The summed E-state index contributed by atoms with van der Waals surface area (Å²) in [5, 5.41) is 10.0. The van der Waals surface area contributed by atoms with Gasteiger partial charge in [-0.25, -0.2) is 9.37 Å². The largest absolute Gasteiger partial charge is 0.493 e. The van der Waals surface area contributed by atoms with Crippen LogP contribution in [0.2, 0.25) is 0 Å². The van der Waals surface area contributed by atoms with Crippen molar-refractivity contribution in [3.8, 4) is 28.8 Å². The summed E-state index contributed by atoms with van der Waals surface area (Å²) in [4.78, 5) is 16.9. The lowest BCUT2D eigenvalue weighted by Crippen LogP contribution is -2.00. The maximum atomic E-state index is 13.0. The van der Waals surface area contributed by atoms with Crippen LogP contribution in [0.5, 0.6) is 11.5 Å². The Morgan fingerprint density at radius 2 is 1.81 bits per heavy atom. The lowest BCUT2D eigenvalue weighted by molar-refractivity contribution is 0.0982. The van der Waals surface area contributed by atoms with Gasteiger partial charge in [-0.2, -0.15) is 5.26 Å². The second kappa shape index (κ2) is 10.6. The summed E-state index contributed by atoms with van der Waals surface area (Å²) in [7, 11) is 3.15. The standard InChI is InChI=1S/C24H21FN2O3S/c1-29-22-12-8-17(14-23(22)30-2)20-11-7-18(15-26)24(27-20)31-13-3-4-21(28)16-5-9-19(25)10-6-16/h5-12,14H,3-4,13H2,1-2H3. The highest BCUT2D eigenvalue weighted by Gasteiger charge is 2.12. The van der Waals surface area contributed by atoms with Crippen molar-refractivity contribution < 1.29 is 18.7 Å². The van der Waals surface area contributed by atoms with Gasteiger partial charge in [0, 0.05) is 17.5 Å². The number of hydrogen-bond donors (Lipinski definition) is 0. The van der Waals surface area contributed by atoms with Crippen LogP contribution < -0.4 is 9.47 Å². The number of ether oxygens (including phenoxy) is 2. The van der Waals surface area contributed by atoms with Gasteiger partial charge in [0.1, 0.15) is 16.9 Å². The van der Waals surface area contributed by atoms with Gasteiger partial charge in [-0.15, -0.1) is 11.8 Å². The van der Waals surface area contributed by atoms with Crippen LogP contribution >= 0.6 is 11.8 Å². The van der Waals surface area contributed by atoms with E-state index in [1.54, 1.807) is 26.4 Å². The summed E-state index contributed by atoms with van der Waals surface area (Å²) in [5.74, 6) is 1.45. The van der Waals surface area contributed by atoms with Crippen LogP contribution in [-0.4, -0.2) is 30.7 Å². The molecule has 5 nitrogen and oxygen atoms in total. The van der Waals surface area contributed by atoms with Crippen molar-refractivity contribution in [3.05, 3.63) is 71.5 Å². The molecule has 0 atom stereocenters. The van der Waals surface area contributed by atoms with Crippen LogP contribution in [0.15, 0.2) is 59.6 Å². The zero-order valence-corrected chi connectivity index (χ0v) is 18.0. The molecule has 3 aromatic rings. The predicted octanol–water partition coefficient (Wildman–Crippen LogP) is 5.53. The van der Waals surface area contributed by atoms with Crippen LogP contribution in [0.25, 0.3) is 11.3 Å². The number of aromatic nitrogens is 1. The molecular weight excluding hydrogens is 415 g/mol. The minimum Gasteiger partial charge on any atom is -0.493 e. The number of Topliss-reactive ketones (excluding diaryl/α,β-unsaturated/α-hetero) is 1. The summed E-state index contributed by atoms with van der Waals surface area (Å²) in [6.07, 6.45) is 0.962. The Bertz CT molecular complexity index is 1110. The van der Waals surface area contributed by atoms with Crippen LogP contribution in [0.4, 0.5) is 4.39 Å². The molecule has 1 aromatic heterocycles. The van der Waals surface area contributed by atoms with Gasteiger partial charge in [-0.3, -0.25) is 4.79 Å². The molecule has 7 heteroatoms. The van der Waals surface area contributed by atoms with Crippen molar-refractivity contribution >= 4 is 17.5 Å². The second-order valence-electron chi connectivity index (χ2n) is 6.61. The average molecular weight is 437 g/mol. The Morgan fingerprint density at radius 3 is 2.48 bits per heavy atom. The molecule has 0 N–H and O–H groups in total. The van der Waals surface area contributed by atoms with Gasteiger partial charge < -0.3 is 9.47 Å². The number of carbonyl (C=O) groups excluding carboxylic acids is 1. The van der Waals surface area contributed by atoms with E-state index in [-0.39, 0.29) is 11.6 Å². The molecule has 31 heavy (non-hydrogen) atoms. The molecule has 0 aliphatic rings. The van der Waals surface area contributed by atoms with Crippen LogP contribution in [0.3, 0.4) is 0 Å². The highest BCUT2D eigenvalue weighted by molar-refractivity contribution is 7.99. The lowest BCUT2D eigenvalue weighted by atomic mass is 10.1. The molecule has 0 amide bonds. The number of nitrogens with zero attached hydrogens (tertiary/aromatic N) is 2. The van der Waals surface area contributed by atoms with Crippen molar-refractivity contribution in [3.63, 3.8) is 0 Å². The first-order valence-corrected chi connectivity index (χ1v) is 10.6. The molecule has 0 saturated heterocycles. The lowest BCUT2D eigenvalue weighted by Gasteiger charge is -2.10. The summed E-state index contributed by atoms with van der Waals surface area (Å²) >= 11 is 1.44. The molecule has 0 aliphatic heterocycles. The Morgan fingerprint density at radius 1 is 1.06 bits per heavy atom. The Hall–Kier alpha value is -3.37. The van der Waals surface area contributed by atoms with Gasteiger partial charge in [0.15, 0.2) is 17.3 Å². The highest BCUT2D eigenvalue weighted by Crippen LogP contribution is 2.33. The molecule has 0 saturated carbocycles. The van der Waals surface area contributed by atoms with E-state index in [0.29, 0.717) is 51.9 Å². The first kappa shape index (κ1) is 22.3. The van der Waals surface area contributed by atoms with E-state index in [9.17, 15) is 14.4 Å². The summed E-state index contributed by atoms with van der Waals surface area (Å²) < 4.78 is 23.6. The molecule has 0 unspecified atom stereocenters. The van der Waals surface area contributed by atoms with Gasteiger partial charge in [-0.05, 0) is 66.8 Å². The fourth-order valence-corrected chi connectivity index (χ4v) is 3.89. The number of ketones is 1. The fraction of sp³-hybridized carbons (Fsp3) is 0.208. The van der Waals surface area contributed by atoms with E-state index in [1.165, 1.54) is 36.0 Å². The normalized spacial score (nSPS) is 10.4. The number of methoxy groups -OCH3 is 2. The number of rotatable bonds is 9. The van der Waals surface area contributed by atoms with Crippen molar-refractivity contribution in [2.75, 3.05) is 20.0 Å². The van der Waals surface area contributed by atoms with Crippen molar-refractivity contribution in [2.45, 2.75) is 17.9 Å². The SMILES string of the molecule is COc1ccc(-c2ccc(C#N)c(SCCCC(=O)c3ccc(F)cc3)n2)cc1OC. The number of carbonyl (C=O) groups is 1. The first-order valence-electron chi connectivity index (χ1n) is 9.61. The Labute approximate surface area is 184 Å². The van der Waals surface area contributed by atoms with Crippen molar-refractivity contribution in [1.29, 1.82) is 5.26 Å². The van der Waals surface area contributed by atoms with E-state index in [1.807, 2.05) is 18.2 Å². The molecule has 0 aliphatic carbocycles. The van der Waals surface area contributed by atoms with Crippen molar-refractivity contribution in [1.82, 2.24) is 4.98 Å². The van der Waals surface area contributed by atoms with Gasteiger partial charge in [0.05, 0.1) is 25.5 Å². The smallest absolute Gasteiger partial charge is 0.162 e. The van der Waals surface area contributed by atoms with Gasteiger partial charge in [0.2, 0.25) is 0 Å². The van der Waals surface area contributed by atoms with Gasteiger partial charge >= 0.3 is 0 Å². The maximum absolute atomic E-state index is 13.0. The number of halogens is 1. The minimum absolute atomic E-state index is 0.0341. The Kier molecular flexibility index (Phi) is 7.63. The van der Waals surface area contributed by atoms with E-state index in [2.05, 4.69) is 11.1 Å². The number of benzene rings is 2. The van der Waals surface area contributed by atoms with E-state index >= 15 is 0 Å². The minimum atomic E-state index is -0.364. The quantitative estimate of drug-likeness (QED) is 0.249. The summed E-state index contributed by atoms with van der Waals surface area (Å²) in [6, 6.07) is 16.8. The topological polar surface area (TPSA) is 72.2 Å². The van der Waals surface area contributed by atoms with Gasteiger partial charge in [0.25, 0.3) is 0 Å². The number of pyridine rings is 1.